The van der Waals surface area contributed by atoms with Crippen LogP contribution in [0.5, 0.6) is 5.75 Å². The number of benzene rings is 2. The third-order valence-corrected chi connectivity index (χ3v) is 3.59. The number of ether oxygens (including phenoxy) is 1. The molecule has 0 atom stereocenters. The van der Waals surface area contributed by atoms with Gasteiger partial charge in [0.1, 0.15) is 17.4 Å². The minimum Gasteiger partial charge on any atom is -0.495 e. The number of hydrogen-bond donors (Lipinski definition) is 0. The lowest BCUT2D eigenvalue weighted by Crippen LogP contribution is -1.96. The molecular weight excluding hydrogens is 314 g/mol. The van der Waals surface area contributed by atoms with E-state index < -0.39 is 11.6 Å². The van der Waals surface area contributed by atoms with Crippen molar-refractivity contribution in [2.45, 2.75) is 13.8 Å². The zero-order valence-electron chi connectivity index (χ0n) is 10.9. The lowest BCUT2D eigenvalue weighted by atomic mass is 9.99. The second-order valence-corrected chi connectivity index (χ2v) is 5.22. The van der Waals surface area contributed by atoms with Gasteiger partial charge >= 0.3 is 0 Å². The summed E-state index contributed by atoms with van der Waals surface area (Å²) >= 11 is 3.39. The molecule has 0 aliphatic rings. The van der Waals surface area contributed by atoms with Gasteiger partial charge in [-0.15, -0.1) is 0 Å². The quantitative estimate of drug-likeness (QED) is 0.752. The zero-order valence-corrected chi connectivity index (χ0v) is 12.4. The fourth-order valence-corrected chi connectivity index (χ4v) is 2.74. The molecule has 0 bridgehead atoms. The fraction of sp³-hybridized carbons (Fsp3) is 0.200. The van der Waals surface area contributed by atoms with Crippen molar-refractivity contribution in [3.63, 3.8) is 0 Å². The minimum atomic E-state index is -0.559. The van der Waals surface area contributed by atoms with Crippen LogP contribution in [-0.4, -0.2) is 7.11 Å². The second-order valence-electron chi connectivity index (χ2n) is 4.36. The molecule has 0 unspecified atom stereocenters. The first-order valence-electron chi connectivity index (χ1n) is 5.74. The van der Waals surface area contributed by atoms with Crippen molar-refractivity contribution in [3.05, 3.63) is 51.5 Å². The van der Waals surface area contributed by atoms with Crippen LogP contribution in [0.1, 0.15) is 11.1 Å². The Labute approximate surface area is 119 Å². The summed E-state index contributed by atoms with van der Waals surface area (Å²) in [6.45, 7) is 3.33. The molecule has 0 amide bonds. The summed E-state index contributed by atoms with van der Waals surface area (Å²) in [7, 11) is 1.52. The highest BCUT2D eigenvalue weighted by Gasteiger charge is 2.17. The lowest BCUT2D eigenvalue weighted by Gasteiger charge is -2.14. The van der Waals surface area contributed by atoms with E-state index >= 15 is 0 Å². The molecule has 19 heavy (non-hydrogen) atoms. The van der Waals surface area contributed by atoms with E-state index in [1.165, 1.54) is 26.2 Å². The molecule has 100 valence electrons. The van der Waals surface area contributed by atoms with Gasteiger partial charge in [-0.25, -0.2) is 8.78 Å². The molecule has 0 spiro atoms. The first kappa shape index (κ1) is 14.0. The highest BCUT2D eigenvalue weighted by Crippen LogP contribution is 2.39. The average molecular weight is 327 g/mol. The van der Waals surface area contributed by atoms with Gasteiger partial charge in [-0.05, 0) is 59.6 Å². The summed E-state index contributed by atoms with van der Waals surface area (Å²) < 4.78 is 33.6. The molecule has 2 rings (SSSR count). The van der Waals surface area contributed by atoms with E-state index in [-0.39, 0.29) is 5.56 Å². The maximum Gasteiger partial charge on any atom is 0.140 e. The Hall–Kier alpha value is -1.42. The van der Waals surface area contributed by atoms with Crippen molar-refractivity contribution in [2.75, 3.05) is 7.11 Å². The SMILES string of the molecule is COc1c(Br)cc(C)cc1-c1ccc(F)c(C)c1F. The zero-order chi connectivity index (χ0) is 14.2. The Morgan fingerprint density at radius 2 is 1.74 bits per heavy atom. The van der Waals surface area contributed by atoms with Crippen LogP contribution >= 0.6 is 15.9 Å². The average Bonchev–Trinajstić information content (AvgIpc) is 2.35. The summed E-state index contributed by atoms with van der Waals surface area (Å²) in [4.78, 5) is 0. The highest BCUT2D eigenvalue weighted by atomic mass is 79.9. The van der Waals surface area contributed by atoms with Crippen LogP contribution < -0.4 is 4.74 Å². The van der Waals surface area contributed by atoms with E-state index in [2.05, 4.69) is 15.9 Å². The lowest BCUT2D eigenvalue weighted by molar-refractivity contribution is 0.413. The van der Waals surface area contributed by atoms with Gasteiger partial charge in [0.2, 0.25) is 0 Å². The van der Waals surface area contributed by atoms with Crippen LogP contribution in [0.15, 0.2) is 28.7 Å². The van der Waals surface area contributed by atoms with Crippen molar-refractivity contribution in [3.8, 4) is 16.9 Å². The Bertz CT molecular complexity index is 639. The van der Waals surface area contributed by atoms with Crippen molar-refractivity contribution in [1.82, 2.24) is 0 Å². The first-order chi connectivity index (χ1) is 8.95. The van der Waals surface area contributed by atoms with Gasteiger partial charge in [0, 0.05) is 16.7 Å². The van der Waals surface area contributed by atoms with E-state index in [1.807, 2.05) is 19.1 Å². The van der Waals surface area contributed by atoms with Gasteiger partial charge in [0.15, 0.2) is 0 Å². The van der Waals surface area contributed by atoms with E-state index in [0.717, 1.165) is 10.0 Å². The molecule has 0 N–H and O–H groups in total. The monoisotopic (exact) mass is 326 g/mol. The second kappa shape index (κ2) is 5.29. The Balaban J connectivity index is 2.75. The molecule has 0 aromatic heterocycles. The Morgan fingerprint density at radius 1 is 1.05 bits per heavy atom. The molecule has 2 aromatic carbocycles. The topological polar surface area (TPSA) is 9.23 Å². The molecule has 0 aliphatic heterocycles. The number of aryl methyl sites for hydroxylation is 1. The Morgan fingerprint density at radius 3 is 2.37 bits per heavy atom. The molecule has 0 radical (unpaired) electrons. The van der Waals surface area contributed by atoms with Crippen LogP contribution in [0.4, 0.5) is 8.78 Å². The summed E-state index contributed by atoms with van der Waals surface area (Å²) in [5.41, 5.74) is 1.91. The van der Waals surface area contributed by atoms with Crippen LogP contribution in [0.25, 0.3) is 11.1 Å². The van der Waals surface area contributed by atoms with Gasteiger partial charge in [-0.2, -0.15) is 0 Å². The van der Waals surface area contributed by atoms with Crippen LogP contribution in [-0.2, 0) is 0 Å². The van der Waals surface area contributed by atoms with Gasteiger partial charge in [-0.1, -0.05) is 0 Å². The molecule has 1 nitrogen and oxygen atoms in total. The molecule has 0 aliphatic carbocycles. The van der Waals surface area contributed by atoms with E-state index in [0.29, 0.717) is 16.9 Å². The summed E-state index contributed by atoms with van der Waals surface area (Å²) in [6, 6.07) is 6.40. The number of halogens is 3. The van der Waals surface area contributed by atoms with Crippen molar-refractivity contribution in [2.24, 2.45) is 0 Å². The number of methoxy groups -OCH3 is 1. The molecule has 4 heteroatoms. The fourth-order valence-electron chi connectivity index (χ4n) is 2.01. The van der Waals surface area contributed by atoms with E-state index in [9.17, 15) is 8.78 Å². The van der Waals surface area contributed by atoms with Crippen molar-refractivity contribution < 1.29 is 13.5 Å². The number of hydrogen-bond acceptors (Lipinski definition) is 1. The predicted molar refractivity (Wildman–Crippen MR) is 75.5 cm³/mol. The normalized spacial score (nSPS) is 10.6. The highest BCUT2D eigenvalue weighted by molar-refractivity contribution is 9.10. The van der Waals surface area contributed by atoms with Crippen LogP contribution in [0.2, 0.25) is 0 Å². The maximum atomic E-state index is 14.2. The molecule has 0 saturated carbocycles. The summed E-state index contributed by atoms with van der Waals surface area (Å²) in [6.07, 6.45) is 0. The Kier molecular flexibility index (Phi) is 3.90. The molecule has 0 saturated heterocycles. The predicted octanol–water partition coefficient (Wildman–Crippen LogP) is 5.02. The van der Waals surface area contributed by atoms with Gasteiger partial charge in [0.25, 0.3) is 0 Å². The maximum absolute atomic E-state index is 14.2. The minimum absolute atomic E-state index is 0.0113. The van der Waals surface area contributed by atoms with Crippen LogP contribution in [0.3, 0.4) is 0 Å². The third kappa shape index (κ3) is 2.50. The smallest absolute Gasteiger partial charge is 0.140 e. The molecular formula is C15H13BrF2O. The third-order valence-electron chi connectivity index (χ3n) is 3.00. The number of rotatable bonds is 2. The van der Waals surface area contributed by atoms with Crippen molar-refractivity contribution >= 4 is 15.9 Å². The van der Waals surface area contributed by atoms with Crippen molar-refractivity contribution in [1.29, 1.82) is 0 Å². The van der Waals surface area contributed by atoms with E-state index in [1.54, 1.807) is 0 Å². The largest absolute Gasteiger partial charge is 0.495 e. The summed E-state index contributed by atoms with van der Waals surface area (Å²) in [5, 5.41) is 0. The first-order valence-corrected chi connectivity index (χ1v) is 6.54. The molecule has 2 aromatic rings. The van der Waals surface area contributed by atoms with Gasteiger partial charge in [-0.3, -0.25) is 0 Å². The van der Waals surface area contributed by atoms with Gasteiger partial charge < -0.3 is 4.74 Å². The standard InChI is InChI=1S/C15H13BrF2O/c1-8-6-11(15(19-3)12(16)7-8)10-4-5-13(17)9(2)14(10)18/h4-7H,1-3H3. The molecule has 0 heterocycles. The van der Waals surface area contributed by atoms with Crippen LogP contribution in [0, 0.1) is 25.5 Å². The summed E-state index contributed by atoms with van der Waals surface area (Å²) in [5.74, 6) is -0.571. The van der Waals surface area contributed by atoms with E-state index in [4.69, 9.17) is 4.74 Å². The van der Waals surface area contributed by atoms with Gasteiger partial charge in [0.05, 0.1) is 11.6 Å². The molecule has 0 fully saturated rings.